The Morgan fingerprint density at radius 2 is 1.20 bits per heavy atom. The van der Waals surface area contributed by atoms with E-state index in [1.807, 2.05) is 72.5 Å². The molecule has 0 heterocycles. The van der Waals surface area contributed by atoms with Crippen molar-refractivity contribution >= 4 is 48.6 Å². The van der Waals surface area contributed by atoms with E-state index >= 15 is 0 Å². The minimum Gasteiger partial charge on any atom is -0.437 e. The number of nitrogens with one attached hydrogen (secondary N) is 4. The number of para-hydroxylation sites is 2. The molecular formula is C35H68N6O5Si3. The van der Waals surface area contributed by atoms with E-state index in [0.717, 1.165) is 49.4 Å². The number of hydrogen-bond acceptors (Lipinski definition) is 7. The van der Waals surface area contributed by atoms with Crippen LogP contribution in [-0.4, -0.2) is 100.0 Å². The van der Waals surface area contributed by atoms with E-state index in [1.165, 1.54) is 0 Å². The van der Waals surface area contributed by atoms with Crippen LogP contribution in [0.15, 0.2) is 60.7 Å². The normalized spacial score (nSPS) is 11.7. The van der Waals surface area contributed by atoms with Gasteiger partial charge in [0, 0.05) is 44.1 Å². The van der Waals surface area contributed by atoms with E-state index in [9.17, 15) is 9.59 Å². The predicted molar refractivity (Wildman–Crippen MR) is 215 cm³/mol. The highest BCUT2D eigenvalue weighted by atomic mass is 28.5. The lowest BCUT2D eigenvalue weighted by Crippen LogP contribution is -2.52. The van der Waals surface area contributed by atoms with Gasteiger partial charge in [-0.15, -0.1) is 0 Å². The summed E-state index contributed by atoms with van der Waals surface area (Å²) < 4.78 is 13.7. The summed E-state index contributed by atoms with van der Waals surface area (Å²) in [6.07, 6.45) is 1.90. The van der Waals surface area contributed by atoms with E-state index in [0.29, 0.717) is 32.8 Å². The van der Waals surface area contributed by atoms with Crippen LogP contribution in [0.1, 0.15) is 34.6 Å². The van der Waals surface area contributed by atoms with Gasteiger partial charge in [-0.25, -0.2) is 15.1 Å². The third kappa shape index (κ3) is 21.3. The molecule has 0 saturated heterocycles. The first-order valence-corrected chi connectivity index (χ1v) is 25.9. The molecule has 280 valence electrons. The molecule has 0 radical (unpaired) electrons. The lowest BCUT2D eigenvalue weighted by Gasteiger charge is -2.39. The summed E-state index contributed by atoms with van der Waals surface area (Å²) in [6.45, 7) is 20.0. The van der Waals surface area contributed by atoms with Gasteiger partial charge in [0.05, 0.1) is 6.61 Å². The molecule has 0 aromatic heterocycles. The first kappa shape index (κ1) is 46.4. The fourth-order valence-electron chi connectivity index (χ4n) is 5.49. The number of benzene rings is 2. The van der Waals surface area contributed by atoms with Crippen molar-refractivity contribution in [1.82, 2.24) is 20.6 Å². The van der Waals surface area contributed by atoms with Gasteiger partial charge in [0.25, 0.3) is 0 Å². The largest absolute Gasteiger partial charge is 0.437 e. The van der Waals surface area contributed by atoms with Crippen LogP contribution < -0.4 is 21.4 Å². The maximum atomic E-state index is 13.1. The first-order chi connectivity index (χ1) is 22.2. The number of urea groups is 2. The molecule has 11 nitrogen and oxygen atoms in total. The maximum absolute atomic E-state index is 13.1. The van der Waals surface area contributed by atoms with Crippen LogP contribution in [0.4, 0.5) is 21.0 Å². The monoisotopic (exact) mass is 736 g/mol. The van der Waals surface area contributed by atoms with Crippen LogP contribution in [0.2, 0.25) is 51.4 Å². The Kier molecular flexibility index (Phi) is 22.5. The second kappa shape index (κ2) is 23.8. The Morgan fingerprint density at radius 3 is 1.73 bits per heavy atom. The number of nitrogens with zero attached hydrogens (tertiary/aromatic N) is 2. The predicted octanol–water partition coefficient (Wildman–Crippen LogP) is 8.01. The first-order valence-electron chi connectivity index (χ1n) is 16.8. The van der Waals surface area contributed by atoms with E-state index < -0.39 is 25.2 Å². The van der Waals surface area contributed by atoms with Crippen LogP contribution in [0.5, 0.6) is 0 Å². The highest BCUT2D eigenvalue weighted by molar-refractivity contribution is 6.87. The summed E-state index contributed by atoms with van der Waals surface area (Å²) in [5, 5.41) is 8.78. The summed E-state index contributed by atoms with van der Waals surface area (Å²) in [4.78, 5) is 34.6. The van der Waals surface area contributed by atoms with Crippen molar-refractivity contribution in [3.05, 3.63) is 60.7 Å². The van der Waals surface area contributed by atoms with Gasteiger partial charge in [-0.1, -0.05) is 51.3 Å². The van der Waals surface area contributed by atoms with Crippen molar-refractivity contribution in [3.8, 4) is 0 Å². The Labute approximate surface area is 301 Å². The van der Waals surface area contributed by atoms with Gasteiger partial charge in [0.2, 0.25) is 0 Å². The number of anilines is 2. The quantitative estimate of drug-likeness (QED) is 0.0550. The van der Waals surface area contributed by atoms with Crippen LogP contribution in [0.3, 0.4) is 0 Å². The maximum Gasteiger partial charge on any atom is 0.321 e. The van der Waals surface area contributed by atoms with E-state index in [-0.39, 0.29) is 26.9 Å². The lowest BCUT2D eigenvalue weighted by atomic mass is 10.3. The van der Waals surface area contributed by atoms with Gasteiger partial charge < -0.3 is 38.8 Å². The molecule has 0 unspecified atom stereocenters. The molecule has 14 heteroatoms. The zero-order valence-electron chi connectivity index (χ0n) is 30.0. The molecule has 2 aromatic carbocycles. The fourth-order valence-corrected chi connectivity index (χ4v) is 19.5. The number of hydrogen-bond donors (Lipinski definition) is 4. The van der Waals surface area contributed by atoms with Gasteiger partial charge in [-0.3, -0.25) is 0 Å². The molecule has 0 bridgehead atoms. The molecular weight excluding hydrogens is 669 g/mol. The third-order valence-corrected chi connectivity index (χ3v) is 18.9. The molecule has 49 heavy (non-hydrogen) atoms. The van der Waals surface area contributed by atoms with Crippen molar-refractivity contribution in [2.24, 2.45) is 0 Å². The number of carbonyl (C=O) groups is 2. The number of hydroxylamine groups is 1. The molecule has 0 fully saturated rings. The Hall–Kier alpha value is -2.57. The zero-order valence-corrected chi connectivity index (χ0v) is 33.0. The molecule has 4 N–H and O–H groups in total. The van der Waals surface area contributed by atoms with E-state index in [1.54, 1.807) is 0 Å². The van der Waals surface area contributed by atoms with Crippen LogP contribution >= 0.6 is 0 Å². The minimum absolute atomic E-state index is 0. The van der Waals surface area contributed by atoms with E-state index in [4.69, 9.17) is 13.1 Å². The van der Waals surface area contributed by atoms with Crippen molar-refractivity contribution in [3.63, 3.8) is 0 Å². The lowest BCUT2D eigenvalue weighted by molar-refractivity contribution is 0.0472. The molecule has 2 rings (SSSR count). The Balaban J connectivity index is 0.0000115. The molecule has 0 aliphatic carbocycles. The molecule has 0 saturated carbocycles. The standard InChI is InChI=1S/C33H60N6O5Si3.2CH4/c1-9-42-35-23-27-39(33(41)37-31-20-14-11-15-21-31)25-17-29-46(5,6)44-47(7,8)43-45(3,4)28-16-24-38(2)26-22-34-32(40)36-30-18-12-10-13-19-30;;/h10-15,18-21,35H,9,16-17,22-29H2,1-8H3,(H,37,41)(H2,34,36,40);2*1H4. The van der Waals surface area contributed by atoms with Gasteiger partial charge in [-0.2, -0.15) is 0 Å². The summed E-state index contributed by atoms with van der Waals surface area (Å²) in [5.74, 6) is 0. The van der Waals surface area contributed by atoms with Gasteiger partial charge >= 0.3 is 20.6 Å². The van der Waals surface area contributed by atoms with Gasteiger partial charge in [0.15, 0.2) is 16.6 Å². The van der Waals surface area contributed by atoms with Gasteiger partial charge in [0.1, 0.15) is 0 Å². The summed E-state index contributed by atoms with van der Waals surface area (Å²) in [7, 11) is -4.27. The smallest absolute Gasteiger partial charge is 0.321 e. The summed E-state index contributed by atoms with van der Waals surface area (Å²) >= 11 is 0. The molecule has 2 aromatic rings. The minimum atomic E-state index is -2.36. The Morgan fingerprint density at radius 1 is 0.694 bits per heavy atom. The van der Waals surface area contributed by atoms with Crippen molar-refractivity contribution in [2.75, 3.05) is 63.6 Å². The van der Waals surface area contributed by atoms with Crippen molar-refractivity contribution < 1.29 is 22.7 Å². The average Bonchev–Trinajstić information content (AvgIpc) is 2.98. The van der Waals surface area contributed by atoms with Gasteiger partial charge in [-0.05, 0) is 109 Å². The second-order valence-electron chi connectivity index (χ2n) is 13.5. The molecule has 0 aliphatic heterocycles. The highest BCUT2D eigenvalue weighted by Crippen LogP contribution is 2.26. The number of carbonyl (C=O) groups excluding carboxylic acids is 2. The highest BCUT2D eigenvalue weighted by Gasteiger charge is 2.39. The zero-order chi connectivity index (χ0) is 34.8. The van der Waals surface area contributed by atoms with Crippen LogP contribution in [-0.2, 0) is 13.1 Å². The van der Waals surface area contributed by atoms with E-state index in [2.05, 4.69) is 72.7 Å². The second-order valence-corrected chi connectivity index (χ2v) is 26.0. The average molecular weight is 737 g/mol. The number of likely N-dealkylation sites (N-methyl/N-ethyl adjacent to an activating group) is 1. The SMILES string of the molecule is C.C.CCONCCN(CCC[Si](C)(C)O[Si](C)(C)O[Si](C)(C)CCCN(C)CCNC(=O)Nc1ccccc1)C(=O)Nc1ccccc1. The topological polar surface area (TPSA) is 116 Å². The molecule has 4 amide bonds. The Bertz CT molecular complexity index is 1180. The third-order valence-electron chi connectivity index (χ3n) is 7.42. The number of amides is 4. The molecule has 0 spiro atoms. The van der Waals surface area contributed by atoms with Crippen molar-refractivity contribution in [1.29, 1.82) is 0 Å². The fraction of sp³-hybridized carbons (Fsp3) is 0.600. The summed E-state index contributed by atoms with van der Waals surface area (Å²) in [6, 6.07) is 20.7. The molecule has 0 atom stereocenters. The van der Waals surface area contributed by atoms with Crippen molar-refractivity contribution in [2.45, 2.75) is 86.0 Å². The summed E-state index contributed by atoms with van der Waals surface area (Å²) in [5.41, 5.74) is 4.48. The molecule has 0 aliphatic rings. The van der Waals surface area contributed by atoms with Crippen LogP contribution in [0.25, 0.3) is 0 Å². The van der Waals surface area contributed by atoms with Crippen LogP contribution in [0, 0.1) is 0 Å². The number of rotatable bonds is 22.